The molecule has 0 unspecified atom stereocenters. The number of nitrogen functional groups attached to an aromatic ring is 1. The van der Waals surface area contributed by atoms with Gasteiger partial charge in [-0.25, -0.2) is 28.1 Å². The molecule has 0 spiro atoms. The molecule has 0 saturated heterocycles. The zero-order valence-electron chi connectivity index (χ0n) is 15.4. The molecule has 13 heteroatoms. The van der Waals surface area contributed by atoms with Crippen molar-refractivity contribution in [2.75, 3.05) is 18.2 Å². The molecule has 0 atom stereocenters. The molecule has 3 aromatic rings. The van der Waals surface area contributed by atoms with Gasteiger partial charge in [-0.3, -0.25) is 0 Å². The monoisotopic (exact) mass is 436 g/mol. The fourth-order valence-electron chi connectivity index (χ4n) is 2.50. The Hall–Kier alpha value is -3.09. The number of pyridine rings is 2. The minimum absolute atomic E-state index is 0.0223. The highest BCUT2D eigenvalue weighted by Gasteiger charge is 2.14. The van der Waals surface area contributed by atoms with Gasteiger partial charge in [0.25, 0.3) is 0 Å². The van der Waals surface area contributed by atoms with Gasteiger partial charge < -0.3 is 15.8 Å². The predicted molar refractivity (Wildman–Crippen MR) is 108 cm³/mol. The molecule has 0 aliphatic heterocycles. The topological polar surface area (TPSA) is 158 Å². The van der Waals surface area contributed by atoms with E-state index >= 15 is 0 Å². The largest absolute Gasteiger partial charge is 0.481 e. The predicted octanol–water partition coefficient (Wildman–Crippen LogP) is 1.24. The number of nitrogens with two attached hydrogens (primary N) is 1. The van der Waals surface area contributed by atoms with Crippen LogP contribution in [0, 0.1) is 6.92 Å². The molecule has 0 aromatic carbocycles. The van der Waals surface area contributed by atoms with E-state index in [2.05, 4.69) is 35.0 Å². The van der Waals surface area contributed by atoms with Crippen LogP contribution in [0.5, 0.6) is 5.88 Å². The summed E-state index contributed by atoms with van der Waals surface area (Å²) in [6.07, 6.45) is 2.99. The number of nitrogens with one attached hydrogen (secondary N) is 2. The summed E-state index contributed by atoms with van der Waals surface area (Å²) >= 11 is 6.10. The van der Waals surface area contributed by atoms with Gasteiger partial charge in [-0.05, 0) is 19.1 Å². The average molecular weight is 437 g/mol. The summed E-state index contributed by atoms with van der Waals surface area (Å²) in [5.74, 6) is 1.53. The molecule has 0 amide bonds. The van der Waals surface area contributed by atoms with Crippen molar-refractivity contribution in [3.05, 3.63) is 40.9 Å². The molecule has 0 fully saturated rings. The third-order valence-corrected chi connectivity index (χ3v) is 4.26. The van der Waals surface area contributed by atoms with Gasteiger partial charge in [-0.15, -0.1) is 0 Å². The maximum absolute atomic E-state index is 10.8. The third-order valence-electron chi connectivity index (χ3n) is 3.64. The Kier molecular flexibility index (Phi) is 6.36. The van der Waals surface area contributed by atoms with Crippen LogP contribution in [0.1, 0.15) is 11.4 Å². The van der Waals surface area contributed by atoms with Crippen molar-refractivity contribution in [1.29, 1.82) is 0 Å². The van der Waals surface area contributed by atoms with Crippen LogP contribution in [-0.2, 0) is 17.4 Å². The second-order valence-corrected chi connectivity index (χ2v) is 6.99. The van der Waals surface area contributed by atoms with Gasteiger partial charge in [0.05, 0.1) is 29.6 Å². The van der Waals surface area contributed by atoms with Crippen LogP contribution in [-0.4, -0.2) is 40.4 Å². The Morgan fingerprint density at radius 3 is 2.66 bits per heavy atom. The van der Waals surface area contributed by atoms with Crippen LogP contribution in [0.2, 0.25) is 5.02 Å². The molecule has 4 N–H and O–H groups in total. The number of rotatable bonds is 7. The number of hydrogen-bond acceptors (Lipinski definition) is 10. The standard InChI is InChI=1S/C16H17ClN8O3S/c1-8-22-14(25-16(18)23-8)12-4-10(17)6-19-13(12)24-11-3-9(5-21-29(26)27)15(28-2)20-7-11/h3-4,6-7,29H,5H2,1-2H3,(H,19,24)(H,21,26,27)(H2,18,22,23,25). The van der Waals surface area contributed by atoms with E-state index in [1.807, 2.05) is 0 Å². The van der Waals surface area contributed by atoms with Crippen LogP contribution >= 0.6 is 11.6 Å². The number of aryl methyl sites for hydroxylation is 1. The molecule has 0 saturated carbocycles. The number of anilines is 3. The summed E-state index contributed by atoms with van der Waals surface area (Å²) < 4.78 is 29.2. The summed E-state index contributed by atoms with van der Waals surface area (Å²) in [7, 11) is -1.31. The highest BCUT2D eigenvalue weighted by atomic mass is 35.5. The lowest BCUT2D eigenvalue weighted by atomic mass is 10.2. The number of ether oxygens (including phenoxy) is 1. The number of nitrogens with zero attached hydrogens (tertiary/aromatic N) is 5. The zero-order chi connectivity index (χ0) is 21.0. The fraction of sp³-hybridized carbons (Fsp3) is 0.188. The first-order chi connectivity index (χ1) is 13.9. The molecule has 3 aromatic heterocycles. The molecule has 0 bridgehead atoms. The molecule has 3 rings (SSSR count). The van der Waals surface area contributed by atoms with Gasteiger partial charge in [0.15, 0.2) is 5.82 Å². The van der Waals surface area contributed by atoms with E-state index in [1.54, 1.807) is 19.1 Å². The van der Waals surface area contributed by atoms with Crippen LogP contribution in [0.25, 0.3) is 11.4 Å². The lowest BCUT2D eigenvalue weighted by molar-refractivity contribution is 0.392. The number of hydrogen-bond donors (Lipinski definition) is 4. The first-order valence-electron chi connectivity index (χ1n) is 8.17. The minimum atomic E-state index is -2.76. The molecule has 152 valence electrons. The number of halogens is 1. The van der Waals surface area contributed by atoms with Gasteiger partial charge >= 0.3 is 0 Å². The SMILES string of the molecule is COc1ncc(Nc2ncc(Cl)cc2-c2nc(C)nc(N)n2)cc1CN[SH](=O)=O. The molecule has 11 nitrogen and oxygen atoms in total. The van der Waals surface area contributed by atoms with Gasteiger partial charge in [-0.1, -0.05) is 11.6 Å². The molecule has 0 aliphatic rings. The van der Waals surface area contributed by atoms with Crippen LogP contribution < -0.4 is 20.5 Å². The molecule has 3 heterocycles. The van der Waals surface area contributed by atoms with E-state index < -0.39 is 10.9 Å². The van der Waals surface area contributed by atoms with E-state index in [0.29, 0.717) is 45.2 Å². The smallest absolute Gasteiger partial charge is 0.223 e. The summed E-state index contributed by atoms with van der Waals surface area (Å²) in [5.41, 5.74) is 7.31. The van der Waals surface area contributed by atoms with Crippen molar-refractivity contribution >= 4 is 39.9 Å². The Labute approximate surface area is 172 Å². The highest BCUT2D eigenvalue weighted by Crippen LogP contribution is 2.30. The lowest BCUT2D eigenvalue weighted by Gasteiger charge is -2.13. The molecule has 0 radical (unpaired) electrons. The summed E-state index contributed by atoms with van der Waals surface area (Å²) in [4.78, 5) is 20.9. The second-order valence-electron chi connectivity index (χ2n) is 5.72. The average Bonchev–Trinajstić information content (AvgIpc) is 2.67. The van der Waals surface area contributed by atoms with E-state index in [0.717, 1.165) is 0 Å². The van der Waals surface area contributed by atoms with Gasteiger partial charge in [0.1, 0.15) is 11.6 Å². The van der Waals surface area contributed by atoms with Crippen LogP contribution in [0.3, 0.4) is 0 Å². The molecular weight excluding hydrogens is 420 g/mol. The maximum Gasteiger partial charge on any atom is 0.223 e. The van der Waals surface area contributed by atoms with Crippen molar-refractivity contribution in [1.82, 2.24) is 29.6 Å². The summed E-state index contributed by atoms with van der Waals surface area (Å²) in [5, 5.41) is 3.50. The summed E-state index contributed by atoms with van der Waals surface area (Å²) in [6.45, 7) is 1.72. The van der Waals surface area contributed by atoms with Crippen LogP contribution in [0.4, 0.5) is 17.5 Å². The Morgan fingerprint density at radius 1 is 1.17 bits per heavy atom. The maximum atomic E-state index is 10.8. The summed E-state index contributed by atoms with van der Waals surface area (Å²) in [6, 6.07) is 3.33. The molecule has 0 aliphatic carbocycles. The quantitative estimate of drug-likeness (QED) is 0.397. The zero-order valence-corrected chi connectivity index (χ0v) is 17.0. The fourth-order valence-corrected chi connectivity index (χ4v) is 2.95. The Bertz CT molecular complexity index is 1100. The highest BCUT2D eigenvalue weighted by molar-refractivity contribution is 7.70. The van der Waals surface area contributed by atoms with Crippen molar-refractivity contribution in [2.24, 2.45) is 0 Å². The van der Waals surface area contributed by atoms with E-state index in [1.165, 1.54) is 19.5 Å². The van der Waals surface area contributed by atoms with Crippen LogP contribution in [0.15, 0.2) is 24.5 Å². The van der Waals surface area contributed by atoms with Crippen molar-refractivity contribution in [2.45, 2.75) is 13.5 Å². The number of methoxy groups -OCH3 is 1. The van der Waals surface area contributed by atoms with Gasteiger partial charge in [-0.2, -0.15) is 9.97 Å². The lowest BCUT2D eigenvalue weighted by Crippen LogP contribution is -2.12. The Morgan fingerprint density at radius 2 is 1.97 bits per heavy atom. The third kappa shape index (κ3) is 5.25. The second kappa shape index (κ2) is 8.94. The van der Waals surface area contributed by atoms with E-state index in [-0.39, 0.29) is 12.5 Å². The minimum Gasteiger partial charge on any atom is -0.481 e. The first-order valence-corrected chi connectivity index (χ1v) is 9.73. The van der Waals surface area contributed by atoms with Crippen molar-refractivity contribution in [3.63, 3.8) is 0 Å². The Balaban J connectivity index is 1.99. The van der Waals surface area contributed by atoms with E-state index in [9.17, 15) is 8.42 Å². The normalized spacial score (nSPS) is 10.9. The van der Waals surface area contributed by atoms with Crippen molar-refractivity contribution in [3.8, 4) is 17.3 Å². The number of thiol groups is 1. The number of aromatic nitrogens is 5. The molecule has 29 heavy (non-hydrogen) atoms. The van der Waals surface area contributed by atoms with Gasteiger partial charge in [0, 0.05) is 18.3 Å². The molecular formula is C16H17ClN8O3S. The first kappa shape index (κ1) is 20.6. The van der Waals surface area contributed by atoms with Crippen molar-refractivity contribution < 1.29 is 13.2 Å². The van der Waals surface area contributed by atoms with E-state index in [4.69, 9.17) is 22.1 Å². The van der Waals surface area contributed by atoms with Gasteiger partial charge in [0.2, 0.25) is 22.7 Å².